The van der Waals surface area contributed by atoms with Crippen molar-refractivity contribution >= 4 is 23.3 Å². The van der Waals surface area contributed by atoms with Gasteiger partial charge in [-0.15, -0.1) is 11.3 Å². The fourth-order valence-electron chi connectivity index (χ4n) is 3.10. The number of nitrogens with one attached hydrogen (secondary N) is 1. The third-order valence-corrected chi connectivity index (χ3v) is 5.47. The van der Waals surface area contributed by atoms with Gasteiger partial charge in [0.2, 0.25) is 5.91 Å². The van der Waals surface area contributed by atoms with Crippen molar-refractivity contribution in [3.05, 3.63) is 47.3 Å². The van der Waals surface area contributed by atoms with Gasteiger partial charge in [-0.2, -0.15) is 0 Å². The first-order chi connectivity index (χ1) is 12.8. The number of amides is 2. The minimum atomic E-state index is -0.564. The molecule has 2 heterocycles. The second kappa shape index (κ2) is 8.13. The average Bonchev–Trinajstić information content (AvgIpc) is 3.28. The lowest BCUT2D eigenvalue weighted by Crippen LogP contribution is -2.47. The van der Waals surface area contributed by atoms with Crippen LogP contribution in [0.25, 0.3) is 10.4 Å². The van der Waals surface area contributed by atoms with Crippen LogP contribution in [0, 0.1) is 0 Å². The minimum Gasteiger partial charge on any atom is -0.444 e. The molecule has 144 valence electrons. The molecule has 1 aliphatic rings. The van der Waals surface area contributed by atoms with Crippen LogP contribution in [0.1, 0.15) is 38.5 Å². The Morgan fingerprint density at radius 1 is 1.19 bits per heavy atom. The molecule has 1 fully saturated rings. The Morgan fingerprint density at radius 2 is 1.93 bits per heavy atom. The van der Waals surface area contributed by atoms with Gasteiger partial charge in [0.15, 0.2) is 0 Å². The molecule has 6 heteroatoms. The highest BCUT2D eigenvalue weighted by molar-refractivity contribution is 7.15. The number of nitrogens with zero attached hydrogens (tertiary/aromatic N) is 1. The summed E-state index contributed by atoms with van der Waals surface area (Å²) in [7, 11) is 0. The predicted octanol–water partition coefficient (Wildman–Crippen LogP) is 4.43. The van der Waals surface area contributed by atoms with Gasteiger partial charge in [-0.05, 0) is 51.3 Å². The quantitative estimate of drug-likeness (QED) is 0.846. The third kappa shape index (κ3) is 5.10. The van der Waals surface area contributed by atoms with Crippen LogP contribution in [0.15, 0.2) is 42.5 Å². The lowest BCUT2D eigenvalue weighted by atomic mass is 10.2. The molecule has 1 N–H and O–H groups in total. The number of ether oxygens (including phenoxy) is 1. The standard InChI is InChI=1S/C21H26N2O3S/c1-21(2,3)26-20(25)23-13-7-10-17(23)19(24)22-14-16-11-12-18(27-16)15-8-5-4-6-9-15/h4-6,8-9,11-12,17H,7,10,13-14H2,1-3H3,(H,22,24). The van der Waals surface area contributed by atoms with E-state index in [0.29, 0.717) is 19.5 Å². The molecule has 0 saturated carbocycles. The molecule has 1 aromatic carbocycles. The van der Waals surface area contributed by atoms with Crippen molar-refractivity contribution in [3.63, 3.8) is 0 Å². The number of rotatable bonds is 4. The summed E-state index contributed by atoms with van der Waals surface area (Å²) in [5.74, 6) is -0.118. The minimum absolute atomic E-state index is 0.118. The summed E-state index contributed by atoms with van der Waals surface area (Å²) in [5.41, 5.74) is 0.609. The fraction of sp³-hybridized carbons (Fsp3) is 0.429. The van der Waals surface area contributed by atoms with Gasteiger partial charge < -0.3 is 10.1 Å². The summed E-state index contributed by atoms with van der Waals surface area (Å²) in [5, 5.41) is 2.98. The molecule has 1 aliphatic heterocycles. The maximum atomic E-state index is 12.6. The fourth-order valence-corrected chi connectivity index (χ4v) is 4.05. The summed E-state index contributed by atoms with van der Waals surface area (Å²) in [4.78, 5) is 28.8. The van der Waals surface area contributed by atoms with Crippen molar-refractivity contribution in [2.24, 2.45) is 0 Å². The van der Waals surface area contributed by atoms with Crippen molar-refractivity contribution in [2.75, 3.05) is 6.54 Å². The second-order valence-corrected chi connectivity index (χ2v) is 8.85. The number of carbonyl (C=O) groups is 2. The number of benzene rings is 1. The molecule has 1 unspecified atom stereocenters. The first-order valence-electron chi connectivity index (χ1n) is 9.25. The largest absolute Gasteiger partial charge is 0.444 e. The molecular weight excluding hydrogens is 360 g/mol. The van der Waals surface area contributed by atoms with Crippen molar-refractivity contribution in [3.8, 4) is 10.4 Å². The Labute approximate surface area is 164 Å². The highest BCUT2D eigenvalue weighted by Gasteiger charge is 2.36. The first-order valence-corrected chi connectivity index (χ1v) is 10.1. The first kappa shape index (κ1) is 19.4. The number of likely N-dealkylation sites (tertiary alicyclic amines) is 1. The molecule has 3 rings (SSSR count). The van der Waals surface area contributed by atoms with Crippen LogP contribution in [0.5, 0.6) is 0 Å². The van der Waals surface area contributed by atoms with E-state index in [2.05, 4.69) is 23.5 Å². The predicted molar refractivity (Wildman–Crippen MR) is 108 cm³/mol. The van der Waals surface area contributed by atoms with Crippen LogP contribution in [0.3, 0.4) is 0 Å². The molecule has 0 radical (unpaired) electrons. The highest BCUT2D eigenvalue weighted by Crippen LogP contribution is 2.28. The van der Waals surface area contributed by atoms with Crippen molar-refractivity contribution in [1.82, 2.24) is 10.2 Å². The number of hydrogen-bond donors (Lipinski definition) is 1. The van der Waals surface area contributed by atoms with E-state index in [1.807, 2.05) is 45.0 Å². The van der Waals surface area contributed by atoms with Gasteiger partial charge in [-0.3, -0.25) is 9.69 Å². The Morgan fingerprint density at radius 3 is 2.63 bits per heavy atom. The Balaban J connectivity index is 1.57. The number of carbonyl (C=O) groups excluding carboxylic acids is 2. The maximum Gasteiger partial charge on any atom is 0.410 e. The van der Waals surface area contributed by atoms with E-state index in [0.717, 1.165) is 11.3 Å². The number of hydrogen-bond acceptors (Lipinski definition) is 4. The zero-order valence-corrected chi connectivity index (χ0v) is 16.8. The lowest BCUT2D eigenvalue weighted by Gasteiger charge is -2.28. The van der Waals surface area contributed by atoms with Crippen LogP contribution in [-0.4, -0.2) is 35.1 Å². The molecule has 5 nitrogen and oxygen atoms in total. The molecule has 1 saturated heterocycles. The van der Waals surface area contributed by atoms with E-state index < -0.39 is 17.7 Å². The van der Waals surface area contributed by atoms with Gasteiger partial charge >= 0.3 is 6.09 Å². The van der Waals surface area contributed by atoms with Crippen LogP contribution in [0.4, 0.5) is 4.79 Å². The second-order valence-electron chi connectivity index (χ2n) is 7.68. The summed E-state index contributed by atoms with van der Waals surface area (Å²) in [6.07, 6.45) is 1.07. The SMILES string of the molecule is CC(C)(C)OC(=O)N1CCCC1C(=O)NCc1ccc(-c2ccccc2)s1. The van der Waals surface area contributed by atoms with Crippen LogP contribution in [0.2, 0.25) is 0 Å². The van der Waals surface area contributed by atoms with E-state index in [4.69, 9.17) is 4.74 Å². The average molecular weight is 387 g/mol. The zero-order chi connectivity index (χ0) is 19.4. The van der Waals surface area contributed by atoms with Crippen molar-refractivity contribution in [2.45, 2.75) is 51.8 Å². The smallest absolute Gasteiger partial charge is 0.410 e. The lowest BCUT2D eigenvalue weighted by molar-refractivity contribution is -0.125. The van der Waals surface area contributed by atoms with E-state index >= 15 is 0 Å². The number of thiophene rings is 1. The van der Waals surface area contributed by atoms with E-state index in [-0.39, 0.29) is 5.91 Å². The summed E-state index contributed by atoms with van der Waals surface area (Å²) in [6.45, 7) is 6.52. The monoisotopic (exact) mass is 386 g/mol. The molecule has 0 bridgehead atoms. The van der Waals surface area contributed by atoms with E-state index in [1.165, 1.54) is 10.4 Å². The van der Waals surface area contributed by atoms with Crippen LogP contribution < -0.4 is 5.32 Å². The topological polar surface area (TPSA) is 58.6 Å². The third-order valence-electron chi connectivity index (χ3n) is 4.34. The van der Waals surface area contributed by atoms with E-state index in [9.17, 15) is 9.59 Å². The normalized spacial score (nSPS) is 17.0. The van der Waals surface area contributed by atoms with Crippen molar-refractivity contribution in [1.29, 1.82) is 0 Å². The molecule has 2 aromatic rings. The Bertz CT molecular complexity index is 795. The maximum absolute atomic E-state index is 12.6. The Hall–Kier alpha value is -2.34. The summed E-state index contributed by atoms with van der Waals surface area (Å²) in [6, 6.07) is 13.8. The van der Waals surface area contributed by atoms with Gasteiger partial charge in [0.1, 0.15) is 11.6 Å². The molecule has 0 spiro atoms. The zero-order valence-electron chi connectivity index (χ0n) is 16.0. The van der Waals surface area contributed by atoms with Crippen LogP contribution >= 0.6 is 11.3 Å². The molecule has 1 atom stereocenters. The van der Waals surface area contributed by atoms with Gasteiger partial charge in [-0.1, -0.05) is 30.3 Å². The van der Waals surface area contributed by atoms with Gasteiger partial charge in [0.25, 0.3) is 0 Å². The molecule has 2 amide bonds. The van der Waals surface area contributed by atoms with Gasteiger partial charge in [0, 0.05) is 16.3 Å². The molecule has 27 heavy (non-hydrogen) atoms. The molecule has 0 aliphatic carbocycles. The molecule has 1 aromatic heterocycles. The van der Waals surface area contributed by atoms with Crippen LogP contribution in [-0.2, 0) is 16.1 Å². The summed E-state index contributed by atoms with van der Waals surface area (Å²) >= 11 is 1.67. The Kier molecular flexibility index (Phi) is 5.85. The van der Waals surface area contributed by atoms with Gasteiger partial charge in [-0.25, -0.2) is 4.79 Å². The van der Waals surface area contributed by atoms with Crippen molar-refractivity contribution < 1.29 is 14.3 Å². The van der Waals surface area contributed by atoms with E-state index in [1.54, 1.807) is 16.2 Å². The highest BCUT2D eigenvalue weighted by atomic mass is 32.1. The molecular formula is C21H26N2O3S. The van der Waals surface area contributed by atoms with Gasteiger partial charge in [0.05, 0.1) is 6.54 Å². The summed E-state index contributed by atoms with van der Waals surface area (Å²) < 4.78 is 5.43.